The number of pyridine rings is 1. The zero-order valence-electron chi connectivity index (χ0n) is 12.0. The lowest BCUT2D eigenvalue weighted by Crippen LogP contribution is -2.21. The van der Waals surface area contributed by atoms with Crippen LogP contribution >= 0.6 is 11.6 Å². The van der Waals surface area contributed by atoms with Gasteiger partial charge in [-0.3, -0.25) is 10.4 Å². The van der Waals surface area contributed by atoms with Gasteiger partial charge in [0.05, 0.1) is 0 Å². The molecule has 1 aromatic heterocycles. The van der Waals surface area contributed by atoms with Gasteiger partial charge in [0.2, 0.25) is 0 Å². The van der Waals surface area contributed by atoms with Crippen LogP contribution in [0.25, 0.3) is 0 Å². The van der Waals surface area contributed by atoms with E-state index < -0.39 is 0 Å². The maximum Gasteiger partial charge on any atom is 0.122 e. The summed E-state index contributed by atoms with van der Waals surface area (Å²) in [7, 11) is 2.05. The standard InChI is InChI=1S/C16H19ClN4/c1-21(9-7-14-4-2-3-8-20-14)11-13-6-5-12(16(18)19)10-15(13)17/h2-6,8,10H,7,9,11H2,1H3,(H3,18,19). The summed E-state index contributed by atoms with van der Waals surface area (Å²) in [6.45, 7) is 1.66. The number of nitrogens with zero attached hydrogens (tertiary/aromatic N) is 2. The molecular formula is C16H19ClN4. The smallest absolute Gasteiger partial charge is 0.122 e. The van der Waals surface area contributed by atoms with Gasteiger partial charge in [-0.15, -0.1) is 0 Å². The molecule has 0 saturated carbocycles. The minimum absolute atomic E-state index is 0.0342. The second-order valence-electron chi connectivity index (χ2n) is 5.03. The summed E-state index contributed by atoms with van der Waals surface area (Å²) in [6, 6.07) is 11.4. The van der Waals surface area contributed by atoms with Crippen LogP contribution in [0.1, 0.15) is 16.8 Å². The van der Waals surface area contributed by atoms with Gasteiger partial charge in [0.1, 0.15) is 5.84 Å². The molecule has 0 fully saturated rings. The van der Waals surface area contributed by atoms with E-state index in [-0.39, 0.29) is 5.84 Å². The Morgan fingerprint density at radius 1 is 1.33 bits per heavy atom. The topological polar surface area (TPSA) is 66.0 Å². The fourth-order valence-electron chi connectivity index (χ4n) is 2.06. The fraction of sp³-hybridized carbons (Fsp3) is 0.250. The number of aromatic nitrogens is 1. The fourth-order valence-corrected chi connectivity index (χ4v) is 2.30. The van der Waals surface area contributed by atoms with Crippen molar-refractivity contribution in [1.29, 1.82) is 5.41 Å². The Morgan fingerprint density at radius 2 is 2.14 bits per heavy atom. The molecule has 0 atom stereocenters. The molecule has 1 heterocycles. The SMILES string of the molecule is CN(CCc1ccccn1)Cc1ccc(C(=N)N)cc1Cl. The van der Waals surface area contributed by atoms with E-state index >= 15 is 0 Å². The van der Waals surface area contributed by atoms with Gasteiger partial charge in [0, 0.05) is 42.0 Å². The van der Waals surface area contributed by atoms with Crippen LogP contribution in [0.5, 0.6) is 0 Å². The van der Waals surface area contributed by atoms with Crippen molar-refractivity contribution in [2.45, 2.75) is 13.0 Å². The molecule has 110 valence electrons. The van der Waals surface area contributed by atoms with Gasteiger partial charge in [-0.2, -0.15) is 0 Å². The van der Waals surface area contributed by atoms with Crippen LogP contribution in [0, 0.1) is 5.41 Å². The second kappa shape index (κ2) is 7.20. The van der Waals surface area contributed by atoms with Crippen molar-refractivity contribution in [2.75, 3.05) is 13.6 Å². The molecular weight excluding hydrogens is 284 g/mol. The number of likely N-dealkylation sites (N-methyl/N-ethyl adjacent to an activating group) is 1. The first-order chi connectivity index (χ1) is 10.1. The molecule has 0 unspecified atom stereocenters. The molecule has 0 aliphatic rings. The number of benzene rings is 1. The summed E-state index contributed by atoms with van der Waals surface area (Å²) in [4.78, 5) is 6.51. The number of nitrogen functional groups attached to an aromatic ring is 1. The van der Waals surface area contributed by atoms with Gasteiger partial charge in [0.15, 0.2) is 0 Å². The van der Waals surface area contributed by atoms with Crippen molar-refractivity contribution < 1.29 is 0 Å². The van der Waals surface area contributed by atoms with Crippen LogP contribution in [-0.4, -0.2) is 29.3 Å². The third-order valence-corrected chi connectivity index (χ3v) is 3.63. The predicted octanol–water partition coefficient (Wildman–Crippen LogP) is 2.69. The quantitative estimate of drug-likeness (QED) is 0.637. The van der Waals surface area contributed by atoms with Crippen molar-refractivity contribution in [3.63, 3.8) is 0 Å². The highest BCUT2D eigenvalue weighted by Gasteiger charge is 2.07. The Hall–Kier alpha value is -1.91. The van der Waals surface area contributed by atoms with Crippen molar-refractivity contribution in [1.82, 2.24) is 9.88 Å². The predicted molar refractivity (Wildman–Crippen MR) is 86.7 cm³/mol. The van der Waals surface area contributed by atoms with E-state index in [2.05, 4.69) is 16.9 Å². The van der Waals surface area contributed by atoms with Gasteiger partial charge in [0.25, 0.3) is 0 Å². The normalized spacial score (nSPS) is 10.8. The molecule has 0 radical (unpaired) electrons. The zero-order valence-corrected chi connectivity index (χ0v) is 12.8. The van der Waals surface area contributed by atoms with Gasteiger partial charge in [-0.1, -0.05) is 29.8 Å². The number of nitrogens with two attached hydrogens (primary N) is 1. The first-order valence-corrected chi connectivity index (χ1v) is 7.15. The maximum atomic E-state index is 7.41. The Labute approximate surface area is 130 Å². The van der Waals surface area contributed by atoms with Crippen molar-refractivity contribution in [3.05, 3.63) is 64.4 Å². The highest BCUT2D eigenvalue weighted by Crippen LogP contribution is 2.19. The van der Waals surface area contributed by atoms with Gasteiger partial charge >= 0.3 is 0 Å². The first-order valence-electron chi connectivity index (χ1n) is 6.77. The average molecular weight is 303 g/mol. The summed E-state index contributed by atoms with van der Waals surface area (Å²) in [6.07, 6.45) is 2.72. The van der Waals surface area contributed by atoms with Crippen LogP contribution in [0.3, 0.4) is 0 Å². The largest absolute Gasteiger partial charge is 0.384 e. The minimum atomic E-state index is 0.0342. The molecule has 21 heavy (non-hydrogen) atoms. The molecule has 1 aromatic carbocycles. The summed E-state index contributed by atoms with van der Waals surface area (Å²) in [5.41, 5.74) is 8.22. The molecule has 4 nitrogen and oxygen atoms in total. The van der Waals surface area contributed by atoms with Crippen molar-refractivity contribution >= 4 is 17.4 Å². The van der Waals surface area contributed by atoms with E-state index in [4.69, 9.17) is 22.7 Å². The number of rotatable bonds is 6. The average Bonchev–Trinajstić information content (AvgIpc) is 2.48. The first kappa shape index (κ1) is 15.5. The van der Waals surface area contributed by atoms with Crippen molar-refractivity contribution in [3.8, 4) is 0 Å². The number of hydrogen-bond donors (Lipinski definition) is 2. The lowest BCUT2D eigenvalue weighted by Gasteiger charge is -2.17. The van der Waals surface area contributed by atoms with E-state index in [0.29, 0.717) is 10.6 Å². The van der Waals surface area contributed by atoms with Gasteiger partial charge < -0.3 is 10.6 Å². The van der Waals surface area contributed by atoms with Gasteiger partial charge in [-0.25, -0.2) is 0 Å². The third kappa shape index (κ3) is 4.55. The van der Waals surface area contributed by atoms with Crippen LogP contribution in [0.4, 0.5) is 0 Å². The number of halogens is 1. The third-order valence-electron chi connectivity index (χ3n) is 3.28. The molecule has 3 N–H and O–H groups in total. The molecule has 0 amide bonds. The summed E-state index contributed by atoms with van der Waals surface area (Å²) < 4.78 is 0. The zero-order chi connectivity index (χ0) is 15.2. The van der Waals surface area contributed by atoms with Crippen LogP contribution in [0.15, 0.2) is 42.6 Å². The van der Waals surface area contributed by atoms with E-state index in [9.17, 15) is 0 Å². The molecule has 2 rings (SSSR count). The Morgan fingerprint density at radius 3 is 2.76 bits per heavy atom. The highest BCUT2D eigenvalue weighted by atomic mass is 35.5. The molecule has 0 saturated heterocycles. The van der Waals surface area contributed by atoms with Crippen LogP contribution < -0.4 is 5.73 Å². The molecule has 5 heteroatoms. The molecule has 0 aliphatic carbocycles. The van der Waals surface area contributed by atoms with E-state index in [1.807, 2.05) is 36.5 Å². The summed E-state index contributed by atoms with van der Waals surface area (Å²) >= 11 is 6.24. The number of nitrogens with one attached hydrogen (secondary N) is 1. The van der Waals surface area contributed by atoms with Crippen LogP contribution in [0.2, 0.25) is 5.02 Å². The number of hydrogen-bond acceptors (Lipinski definition) is 3. The van der Waals surface area contributed by atoms with Crippen molar-refractivity contribution in [2.24, 2.45) is 5.73 Å². The lowest BCUT2D eigenvalue weighted by molar-refractivity contribution is 0.330. The summed E-state index contributed by atoms with van der Waals surface area (Å²) in [5, 5.41) is 8.05. The van der Waals surface area contributed by atoms with Crippen LogP contribution in [-0.2, 0) is 13.0 Å². The number of amidine groups is 1. The van der Waals surface area contributed by atoms with E-state index in [0.717, 1.165) is 30.8 Å². The second-order valence-corrected chi connectivity index (χ2v) is 5.44. The maximum absolute atomic E-state index is 7.41. The van der Waals surface area contributed by atoms with Gasteiger partial charge in [-0.05, 0) is 30.8 Å². The molecule has 0 bridgehead atoms. The monoisotopic (exact) mass is 302 g/mol. The van der Waals surface area contributed by atoms with E-state index in [1.54, 1.807) is 6.07 Å². The lowest BCUT2D eigenvalue weighted by atomic mass is 10.1. The van der Waals surface area contributed by atoms with E-state index in [1.165, 1.54) is 0 Å². The molecule has 0 spiro atoms. The summed E-state index contributed by atoms with van der Waals surface area (Å²) in [5.74, 6) is 0.0342. The Kier molecular flexibility index (Phi) is 5.31. The molecule has 0 aliphatic heterocycles. The minimum Gasteiger partial charge on any atom is -0.384 e. The molecule has 2 aromatic rings. The Balaban J connectivity index is 1.93. The highest BCUT2D eigenvalue weighted by molar-refractivity contribution is 6.31. The Bertz CT molecular complexity index is 613.